The fraction of sp³-hybridized carbons (Fsp3) is 0.364. The zero-order chi connectivity index (χ0) is 20.6. The first kappa shape index (κ1) is 21.0. The number of hydrogen-bond donors (Lipinski definition) is 2. The summed E-state index contributed by atoms with van der Waals surface area (Å²) >= 11 is 0. The average molecular weight is 414 g/mol. The molecule has 2 atom stereocenters. The number of urea groups is 1. The van der Waals surface area contributed by atoms with Gasteiger partial charge in [0.1, 0.15) is 0 Å². The van der Waals surface area contributed by atoms with Crippen LogP contribution in [0, 0.1) is 5.92 Å². The molecule has 0 bridgehead atoms. The molecule has 6 nitrogen and oxygen atoms in total. The predicted octanol–water partition coefficient (Wildman–Crippen LogP) is 3.37. The van der Waals surface area contributed by atoms with E-state index in [0.29, 0.717) is 31.1 Å². The number of anilines is 1. The van der Waals surface area contributed by atoms with Crippen LogP contribution in [0.1, 0.15) is 25.3 Å². The Morgan fingerprint density at radius 2 is 1.93 bits per heavy atom. The zero-order valence-electron chi connectivity index (χ0n) is 16.6. The normalized spacial score (nSPS) is 17.4. The van der Waals surface area contributed by atoms with Crippen molar-refractivity contribution in [3.8, 4) is 0 Å². The molecule has 0 spiro atoms. The molecular formula is C22H27N3O3S. The van der Waals surface area contributed by atoms with E-state index >= 15 is 0 Å². The minimum atomic E-state index is -1.14. The summed E-state index contributed by atoms with van der Waals surface area (Å²) in [5.41, 5.74) is 1.56. The molecule has 1 aliphatic rings. The Bertz CT molecular complexity index is 873. The van der Waals surface area contributed by atoms with Crippen LogP contribution in [0.25, 0.3) is 0 Å². The van der Waals surface area contributed by atoms with Crippen molar-refractivity contribution in [1.82, 2.24) is 10.2 Å². The molecule has 3 amide bonds. The van der Waals surface area contributed by atoms with Crippen molar-refractivity contribution in [3.05, 3.63) is 60.2 Å². The fourth-order valence-corrected chi connectivity index (χ4v) is 4.55. The van der Waals surface area contributed by atoms with Gasteiger partial charge in [-0.3, -0.25) is 9.00 Å². The topological polar surface area (TPSA) is 78.5 Å². The monoisotopic (exact) mass is 413 g/mol. The largest absolute Gasteiger partial charge is 0.356 e. The van der Waals surface area contributed by atoms with E-state index in [1.165, 1.54) is 0 Å². The fourth-order valence-electron chi connectivity index (χ4n) is 3.44. The highest BCUT2D eigenvalue weighted by Crippen LogP contribution is 2.20. The molecule has 1 saturated heterocycles. The lowest BCUT2D eigenvalue weighted by molar-refractivity contribution is -0.126. The molecule has 2 N–H and O–H groups in total. The lowest BCUT2D eigenvalue weighted by Crippen LogP contribution is -2.46. The van der Waals surface area contributed by atoms with Gasteiger partial charge in [-0.1, -0.05) is 30.3 Å². The number of likely N-dealkylation sites (tertiary alicyclic amines) is 1. The molecule has 1 aliphatic heterocycles. The third-order valence-electron chi connectivity index (χ3n) is 4.91. The molecule has 3 rings (SSSR count). The van der Waals surface area contributed by atoms with Crippen LogP contribution in [0.5, 0.6) is 0 Å². The van der Waals surface area contributed by atoms with Crippen molar-refractivity contribution in [2.45, 2.75) is 30.4 Å². The van der Waals surface area contributed by atoms with Gasteiger partial charge in [0.15, 0.2) is 0 Å². The number of piperidine rings is 1. The van der Waals surface area contributed by atoms with Gasteiger partial charge >= 0.3 is 6.03 Å². The number of nitrogens with zero attached hydrogens (tertiary/aromatic N) is 1. The van der Waals surface area contributed by atoms with Crippen LogP contribution in [-0.2, 0) is 21.3 Å². The van der Waals surface area contributed by atoms with Gasteiger partial charge < -0.3 is 15.5 Å². The van der Waals surface area contributed by atoms with Crippen molar-refractivity contribution >= 4 is 28.4 Å². The van der Waals surface area contributed by atoms with E-state index in [0.717, 1.165) is 23.3 Å². The molecule has 0 aliphatic carbocycles. The third-order valence-corrected chi connectivity index (χ3v) is 6.31. The van der Waals surface area contributed by atoms with Crippen LogP contribution >= 0.6 is 0 Å². The minimum Gasteiger partial charge on any atom is -0.356 e. The number of rotatable bonds is 6. The first-order chi connectivity index (χ1) is 14.1. The van der Waals surface area contributed by atoms with Crippen LogP contribution in [0.15, 0.2) is 59.5 Å². The maximum absolute atomic E-state index is 12.7. The van der Waals surface area contributed by atoms with Crippen LogP contribution in [0.3, 0.4) is 0 Å². The Balaban J connectivity index is 1.60. The first-order valence-corrected chi connectivity index (χ1v) is 11.2. The molecular weight excluding hydrogens is 386 g/mol. The number of carbonyl (C=O) groups is 2. The number of amides is 3. The molecule has 2 aromatic rings. The van der Waals surface area contributed by atoms with Gasteiger partial charge in [-0.15, -0.1) is 0 Å². The van der Waals surface area contributed by atoms with E-state index in [9.17, 15) is 13.8 Å². The van der Waals surface area contributed by atoms with Crippen LogP contribution < -0.4 is 10.6 Å². The molecule has 29 heavy (non-hydrogen) atoms. The van der Waals surface area contributed by atoms with Gasteiger partial charge in [-0.2, -0.15) is 0 Å². The minimum absolute atomic E-state index is 0.00962. The molecule has 1 heterocycles. The average Bonchev–Trinajstić information content (AvgIpc) is 2.75. The Morgan fingerprint density at radius 1 is 1.14 bits per heavy atom. The molecule has 1 fully saturated rings. The highest BCUT2D eigenvalue weighted by Gasteiger charge is 2.28. The summed E-state index contributed by atoms with van der Waals surface area (Å²) in [5.74, 6) is 0.237. The second kappa shape index (κ2) is 10.2. The van der Waals surface area contributed by atoms with Gasteiger partial charge in [0, 0.05) is 30.2 Å². The molecule has 0 saturated carbocycles. The molecule has 2 unspecified atom stereocenters. The van der Waals surface area contributed by atoms with Gasteiger partial charge in [0.25, 0.3) is 0 Å². The highest BCUT2D eigenvalue weighted by molar-refractivity contribution is 7.84. The summed E-state index contributed by atoms with van der Waals surface area (Å²) in [7, 11) is -1.14. The lowest BCUT2D eigenvalue weighted by Gasteiger charge is -2.32. The summed E-state index contributed by atoms with van der Waals surface area (Å²) in [6.45, 7) is 3.55. The van der Waals surface area contributed by atoms with Crippen LogP contribution in [0.2, 0.25) is 0 Å². The number of nitrogens with one attached hydrogen (secondary N) is 2. The summed E-state index contributed by atoms with van der Waals surface area (Å²) in [6.07, 6.45) is 1.61. The van der Waals surface area contributed by atoms with E-state index in [-0.39, 0.29) is 17.9 Å². The van der Waals surface area contributed by atoms with E-state index in [1.807, 2.05) is 61.5 Å². The van der Waals surface area contributed by atoms with Crippen LogP contribution in [-0.4, -0.2) is 40.7 Å². The second-order valence-electron chi connectivity index (χ2n) is 7.11. The Hall–Kier alpha value is -2.67. The number of carbonyl (C=O) groups excluding carboxylic acids is 2. The van der Waals surface area contributed by atoms with Gasteiger partial charge in [-0.05, 0) is 49.6 Å². The van der Waals surface area contributed by atoms with Gasteiger partial charge in [-0.25, -0.2) is 4.79 Å². The van der Waals surface area contributed by atoms with E-state index in [4.69, 9.17) is 0 Å². The summed E-state index contributed by atoms with van der Waals surface area (Å²) in [6, 6.07) is 16.6. The maximum atomic E-state index is 12.7. The van der Waals surface area contributed by atoms with Crippen molar-refractivity contribution in [3.63, 3.8) is 0 Å². The van der Waals surface area contributed by atoms with E-state index in [2.05, 4.69) is 10.6 Å². The zero-order valence-corrected chi connectivity index (χ0v) is 17.4. The predicted molar refractivity (Wildman–Crippen MR) is 115 cm³/mol. The standard InChI is InChI=1S/C22H27N3O3S/c1-2-23-21(26)18-9-7-13-25(15-18)22(27)24-19-10-6-8-17(14-19)16-29(28)20-11-4-3-5-12-20/h3-6,8,10-12,14,18H,2,7,9,13,15-16H2,1H3,(H,23,26)(H,24,27). The van der Waals surface area contributed by atoms with Crippen LogP contribution in [0.4, 0.5) is 10.5 Å². The van der Waals surface area contributed by atoms with Crippen molar-refractivity contribution in [2.24, 2.45) is 5.92 Å². The van der Waals surface area contributed by atoms with E-state index < -0.39 is 10.8 Å². The number of hydrogen-bond acceptors (Lipinski definition) is 3. The van der Waals surface area contributed by atoms with Crippen molar-refractivity contribution in [1.29, 1.82) is 0 Å². The Labute approximate surface area is 174 Å². The highest BCUT2D eigenvalue weighted by atomic mass is 32.2. The molecule has 154 valence electrons. The molecule has 2 aromatic carbocycles. The maximum Gasteiger partial charge on any atom is 0.321 e. The third kappa shape index (κ3) is 5.90. The van der Waals surface area contributed by atoms with Crippen molar-refractivity contribution < 1.29 is 13.8 Å². The Morgan fingerprint density at radius 3 is 2.69 bits per heavy atom. The Kier molecular flexibility index (Phi) is 7.41. The molecule has 0 aromatic heterocycles. The quantitative estimate of drug-likeness (QED) is 0.762. The van der Waals surface area contributed by atoms with E-state index in [1.54, 1.807) is 4.90 Å². The lowest BCUT2D eigenvalue weighted by atomic mass is 9.97. The van der Waals surface area contributed by atoms with Crippen molar-refractivity contribution in [2.75, 3.05) is 25.0 Å². The summed E-state index contributed by atoms with van der Waals surface area (Å²) in [5, 5.41) is 5.75. The summed E-state index contributed by atoms with van der Waals surface area (Å²) in [4.78, 5) is 27.2. The van der Waals surface area contributed by atoms with Gasteiger partial charge in [0.2, 0.25) is 5.91 Å². The summed E-state index contributed by atoms with van der Waals surface area (Å²) < 4.78 is 12.5. The first-order valence-electron chi connectivity index (χ1n) is 9.93. The second-order valence-corrected chi connectivity index (χ2v) is 8.56. The van der Waals surface area contributed by atoms with Gasteiger partial charge in [0.05, 0.1) is 22.5 Å². The smallest absolute Gasteiger partial charge is 0.321 e. The molecule has 0 radical (unpaired) electrons. The molecule has 7 heteroatoms. The number of benzene rings is 2. The SMILES string of the molecule is CCNC(=O)C1CCCN(C(=O)Nc2cccc(CS(=O)c3ccccc3)c2)C1.